The molecule has 0 atom stereocenters. The zero-order valence-corrected chi connectivity index (χ0v) is 14.8. The summed E-state index contributed by atoms with van der Waals surface area (Å²) in [5.41, 5.74) is 4.37. The smallest absolute Gasteiger partial charge is 0.191 e. The number of para-hydroxylation sites is 1. The van der Waals surface area contributed by atoms with E-state index in [0.29, 0.717) is 21.9 Å². The van der Waals surface area contributed by atoms with Gasteiger partial charge < -0.3 is 15.2 Å². The highest BCUT2D eigenvalue weighted by atomic mass is 79.9. The van der Waals surface area contributed by atoms with E-state index in [1.807, 2.05) is 37.3 Å². The Labute approximate surface area is 148 Å². The second-order valence-corrected chi connectivity index (χ2v) is 5.74. The van der Waals surface area contributed by atoms with Crippen molar-refractivity contribution in [3.63, 3.8) is 0 Å². The average Bonchev–Trinajstić information content (AvgIpc) is 2.53. The van der Waals surface area contributed by atoms with Crippen LogP contribution in [-0.2, 0) is 0 Å². The molecule has 0 amide bonds. The van der Waals surface area contributed by atoms with Gasteiger partial charge in [0.25, 0.3) is 0 Å². The fourth-order valence-electron chi connectivity index (χ4n) is 1.78. The van der Waals surface area contributed by atoms with Gasteiger partial charge in [-0.1, -0.05) is 18.2 Å². The Hall–Kier alpha value is -2.12. The first kappa shape index (κ1) is 17.2. The lowest BCUT2D eigenvalue weighted by Crippen LogP contribution is -2.23. The monoisotopic (exact) mass is 393 g/mol. The number of ether oxygens (including phenoxy) is 1. The fourth-order valence-corrected chi connectivity index (χ4v) is 2.41. The second-order valence-electron chi connectivity index (χ2n) is 4.47. The van der Waals surface area contributed by atoms with E-state index >= 15 is 0 Å². The molecule has 120 valence electrons. The lowest BCUT2D eigenvalue weighted by molar-refractivity contribution is 0.317. The molecule has 2 rings (SSSR count). The summed E-state index contributed by atoms with van der Waals surface area (Å²) in [4.78, 5) is 0. The Balaban J connectivity index is 1.99. The lowest BCUT2D eigenvalue weighted by atomic mass is 10.2. The first-order valence-corrected chi connectivity index (χ1v) is 8.10. The van der Waals surface area contributed by atoms with Gasteiger partial charge in [0.15, 0.2) is 16.6 Å². The van der Waals surface area contributed by atoms with Crippen molar-refractivity contribution in [2.75, 3.05) is 11.9 Å². The number of rotatable bonds is 5. The number of thiocarbonyl (C=S) groups is 1. The molecule has 2 aromatic carbocycles. The Morgan fingerprint density at radius 2 is 2.09 bits per heavy atom. The quantitative estimate of drug-likeness (QED) is 0.408. The summed E-state index contributed by atoms with van der Waals surface area (Å²) < 4.78 is 5.90. The van der Waals surface area contributed by atoms with Crippen LogP contribution in [0.25, 0.3) is 0 Å². The zero-order valence-electron chi connectivity index (χ0n) is 12.4. The summed E-state index contributed by atoms with van der Waals surface area (Å²) in [5, 5.41) is 17.3. The number of hydrazone groups is 1. The number of benzene rings is 2. The van der Waals surface area contributed by atoms with Crippen LogP contribution in [0.5, 0.6) is 11.5 Å². The lowest BCUT2D eigenvalue weighted by Gasteiger charge is -2.09. The highest BCUT2D eigenvalue weighted by molar-refractivity contribution is 9.10. The van der Waals surface area contributed by atoms with Crippen LogP contribution in [-0.4, -0.2) is 23.0 Å². The predicted molar refractivity (Wildman–Crippen MR) is 100 cm³/mol. The van der Waals surface area contributed by atoms with Crippen molar-refractivity contribution in [1.82, 2.24) is 5.43 Å². The number of nitrogens with zero attached hydrogens (tertiary/aromatic N) is 1. The van der Waals surface area contributed by atoms with Crippen LogP contribution in [0, 0.1) is 0 Å². The van der Waals surface area contributed by atoms with Crippen molar-refractivity contribution >= 4 is 45.2 Å². The number of hydrogen-bond donors (Lipinski definition) is 3. The van der Waals surface area contributed by atoms with Gasteiger partial charge in [-0.2, -0.15) is 5.10 Å². The molecule has 0 aliphatic heterocycles. The molecular weight excluding hydrogens is 378 g/mol. The molecule has 0 spiro atoms. The minimum Gasteiger partial charge on any atom is -0.503 e. The SMILES string of the molecule is CCOc1cc(/C=N/NC(=S)Nc2ccccc2)cc(Br)c1O. The molecule has 0 radical (unpaired) electrons. The van der Waals surface area contributed by atoms with Crippen molar-refractivity contribution in [3.8, 4) is 11.5 Å². The minimum atomic E-state index is 0.0678. The van der Waals surface area contributed by atoms with Crippen LogP contribution in [0.1, 0.15) is 12.5 Å². The third kappa shape index (κ3) is 5.22. The van der Waals surface area contributed by atoms with E-state index < -0.39 is 0 Å². The maximum absolute atomic E-state index is 9.87. The standard InChI is InChI=1S/C16H16BrN3O2S/c1-2-22-14-9-11(8-13(17)15(14)21)10-18-20-16(23)19-12-6-4-3-5-7-12/h3-10,21H,2H2,1H3,(H2,19,20,23)/b18-10+. The van der Waals surface area contributed by atoms with E-state index in [9.17, 15) is 5.11 Å². The van der Waals surface area contributed by atoms with Crippen LogP contribution in [0.4, 0.5) is 5.69 Å². The molecule has 7 heteroatoms. The summed E-state index contributed by atoms with van der Waals surface area (Å²) >= 11 is 8.44. The summed E-state index contributed by atoms with van der Waals surface area (Å²) in [5.74, 6) is 0.464. The molecule has 0 bridgehead atoms. The molecule has 0 unspecified atom stereocenters. The van der Waals surface area contributed by atoms with Gasteiger partial charge in [0.05, 0.1) is 17.3 Å². The van der Waals surface area contributed by atoms with Gasteiger partial charge in [-0.15, -0.1) is 0 Å². The Morgan fingerprint density at radius 3 is 2.78 bits per heavy atom. The average molecular weight is 394 g/mol. The maximum atomic E-state index is 9.87. The van der Waals surface area contributed by atoms with Gasteiger partial charge >= 0.3 is 0 Å². The van der Waals surface area contributed by atoms with Gasteiger partial charge in [-0.25, -0.2) is 0 Å². The molecule has 0 saturated heterocycles. The molecule has 23 heavy (non-hydrogen) atoms. The molecule has 0 aromatic heterocycles. The van der Waals surface area contributed by atoms with E-state index in [-0.39, 0.29) is 5.75 Å². The maximum Gasteiger partial charge on any atom is 0.191 e. The Morgan fingerprint density at radius 1 is 1.35 bits per heavy atom. The van der Waals surface area contributed by atoms with Crippen molar-refractivity contribution in [2.45, 2.75) is 6.92 Å². The first-order chi connectivity index (χ1) is 11.1. The van der Waals surface area contributed by atoms with E-state index in [2.05, 4.69) is 31.8 Å². The molecule has 0 aliphatic rings. The largest absolute Gasteiger partial charge is 0.503 e. The van der Waals surface area contributed by atoms with E-state index in [1.165, 1.54) is 0 Å². The van der Waals surface area contributed by atoms with Crippen molar-refractivity contribution in [3.05, 3.63) is 52.5 Å². The number of halogens is 1. The zero-order chi connectivity index (χ0) is 16.7. The van der Waals surface area contributed by atoms with E-state index in [0.717, 1.165) is 11.3 Å². The molecule has 2 aromatic rings. The molecular formula is C16H16BrN3O2S. The number of hydrogen-bond acceptors (Lipinski definition) is 4. The fraction of sp³-hybridized carbons (Fsp3) is 0.125. The van der Waals surface area contributed by atoms with Crippen LogP contribution in [0.2, 0.25) is 0 Å². The number of nitrogens with one attached hydrogen (secondary N) is 2. The van der Waals surface area contributed by atoms with E-state index in [1.54, 1.807) is 18.3 Å². The summed E-state index contributed by atoms with van der Waals surface area (Å²) in [7, 11) is 0. The van der Waals surface area contributed by atoms with Crippen molar-refractivity contribution in [2.24, 2.45) is 5.10 Å². The Kier molecular flexibility index (Phi) is 6.37. The van der Waals surface area contributed by atoms with Crippen molar-refractivity contribution < 1.29 is 9.84 Å². The third-order valence-electron chi connectivity index (χ3n) is 2.76. The third-order valence-corrected chi connectivity index (χ3v) is 3.56. The van der Waals surface area contributed by atoms with Crippen LogP contribution < -0.4 is 15.5 Å². The number of aromatic hydroxyl groups is 1. The first-order valence-electron chi connectivity index (χ1n) is 6.90. The molecule has 0 aliphatic carbocycles. The Bertz CT molecular complexity index is 708. The van der Waals surface area contributed by atoms with Gasteiger partial charge in [-0.05, 0) is 64.9 Å². The second kappa shape index (κ2) is 8.50. The van der Waals surface area contributed by atoms with Crippen LogP contribution >= 0.6 is 28.1 Å². The number of anilines is 1. The summed E-state index contributed by atoms with van der Waals surface area (Å²) in [6, 6.07) is 13.0. The molecule has 0 heterocycles. The van der Waals surface area contributed by atoms with E-state index in [4.69, 9.17) is 17.0 Å². The molecule has 5 nitrogen and oxygen atoms in total. The van der Waals surface area contributed by atoms with Crippen LogP contribution in [0.3, 0.4) is 0 Å². The minimum absolute atomic E-state index is 0.0678. The van der Waals surface area contributed by atoms with Gasteiger partial charge in [0.2, 0.25) is 0 Å². The summed E-state index contributed by atoms with van der Waals surface area (Å²) in [6.45, 7) is 2.31. The highest BCUT2D eigenvalue weighted by Crippen LogP contribution is 2.34. The molecule has 0 saturated carbocycles. The van der Waals surface area contributed by atoms with Gasteiger partial charge in [-0.3, -0.25) is 5.43 Å². The topological polar surface area (TPSA) is 65.9 Å². The highest BCUT2D eigenvalue weighted by Gasteiger charge is 2.08. The number of phenols is 1. The van der Waals surface area contributed by atoms with Gasteiger partial charge in [0, 0.05) is 5.69 Å². The van der Waals surface area contributed by atoms with Crippen LogP contribution in [0.15, 0.2) is 52.0 Å². The van der Waals surface area contributed by atoms with Gasteiger partial charge in [0.1, 0.15) is 0 Å². The normalized spacial score (nSPS) is 10.5. The molecule has 0 fully saturated rings. The van der Waals surface area contributed by atoms with Crippen molar-refractivity contribution in [1.29, 1.82) is 0 Å². The predicted octanol–water partition coefficient (Wildman–Crippen LogP) is 3.87. The number of phenolic OH excluding ortho intramolecular Hbond substituents is 1. The summed E-state index contributed by atoms with van der Waals surface area (Å²) in [6.07, 6.45) is 1.59. The molecule has 3 N–H and O–H groups in total.